The Balaban J connectivity index is 2.20. The monoisotopic (exact) mass is 277 g/mol. The minimum absolute atomic E-state index is 0.0373. The Morgan fingerprint density at radius 2 is 2.06 bits per heavy atom. The standard InChI is InChI=1S/C12H14Cl2FNO/c1-12(17,6-16-7-2-3-7)8-4-11(15)10(14)5-9(8)13/h4-5,7,16-17H,2-3,6H2,1H3. The third kappa shape index (κ3) is 3.10. The number of hydrogen-bond donors (Lipinski definition) is 2. The number of nitrogens with one attached hydrogen (secondary N) is 1. The van der Waals surface area contributed by atoms with Crippen LogP contribution in [0.25, 0.3) is 0 Å². The lowest BCUT2D eigenvalue weighted by molar-refractivity contribution is 0.0564. The molecule has 1 aliphatic carbocycles. The summed E-state index contributed by atoms with van der Waals surface area (Å²) in [7, 11) is 0. The summed E-state index contributed by atoms with van der Waals surface area (Å²) in [6, 6.07) is 2.98. The summed E-state index contributed by atoms with van der Waals surface area (Å²) in [4.78, 5) is 0. The highest BCUT2D eigenvalue weighted by Crippen LogP contribution is 2.32. The Bertz CT molecular complexity index is 433. The normalized spacial score (nSPS) is 19.1. The van der Waals surface area contributed by atoms with E-state index in [1.54, 1.807) is 6.92 Å². The highest BCUT2D eigenvalue weighted by Gasteiger charge is 2.30. The molecule has 1 atom stereocenters. The SMILES string of the molecule is CC(O)(CNC1CC1)c1cc(F)c(Cl)cc1Cl. The third-order valence-electron chi connectivity index (χ3n) is 2.90. The van der Waals surface area contributed by atoms with Crippen LogP contribution in [-0.4, -0.2) is 17.7 Å². The van der Waals surface area contributed by atoms with Crippen LogP contribution in [-0.2, 0) is 5.60 Å². The molecular weight excluding hydrogens is 264 g/mol. The van der Waals surface area contributed by atoms with Crippen molar-refractivity contribution in [3.63, 3.8) is 0 Å². The van der Waals surface area contributed by atoms with Gasteiger partial charge in [-0.05, 0) is 31.9 Å². The minimum atomic E-state index is -1.20. The Hall–Kier alpha value is -0.350. The Morgan fingerprint density at radius 1 is 1.41 bits per heavy atom. The molecular formula is C12H14Cl2FNO. The van der Waals surface area contributed by atoms with E-state index in [4.69, 9.17) is 23.2 Å². The van der Waals surface area contributed by atoms with Crippen LogP contribution >= 0.6 is 23.2 Å². The molecule has 1 saturated carbocycles. The zero-order chi connectivity index (χ0) is 12.6. The molecule has 94 valence electrons. The van der Waals surface area contributed by atoms with Gasteiger partial charge in [0.2, 0.25) is 0 Å². The lowest BCUT2D eigenvalue weighted by Gasteiger charge is -2.25. The van der Waals surface area contributed by atoms with E-state index in [9.17, 15) is 9.50 Å². The van der Waals surface area contributed by atoms with Crippen molar-refractivity contribution >= 4 is 23.2 Å². The molecule has 2 rings (SSSR count). The molecule has 17 heavy (non-hydrogen) atoms. The molecule has 0 spiro atoms. The molecule has 1 unspecified atom stereocenters. The fourth-order valence-electron chi connectivity index (χ4n) is 1.66. The van der Waals surface area contributed by atoms with Crippen molar-refractivity contribution in [2.24, 2.45) is 0 Å². The molecule has 0 amide bonds. The Labute approximate surface area is 110 Å². The Kier molecular flexibility index (Phi) is 3.64. The quantitative estimate of drug-likeness (QED) is 0.829. The van der Waals surface area contributed by atoms with Crippen molar-refractivity contribution in [3.8, 4) is 0 Å². The lowest BCUT2D eigenvalue weighted by Crippen LogP contribution is -2.36. The fraction of sp³-hybridized carbons (Fsp3) is 0.500. The molecule has 1 fully saturated rings. The second-order valence-electron chi connectivity index (χ2n) is 4.68. The van der Waals surface area contributed by atoms with Gasteiger partial charge in [-0.3, -0.25) is 0 Å². The number of rotatable bonds is 4. The first-order chi connectivity index (χ1) is 7.90. The molecule has 0 saturated heterocycles. The molecule has 0 bridgehead atoms. The summed E-state index contributed by atoms with van der Waals surface area (Å²) < 4.78 is 13.4. The summed E-state index contributed by atoms with van der Waals surface area (Å²) in [6.45, 7) is 1.95. The zero-order valence-electron chi connectivity index (χ0n) is 9.43. The lowest BCUT2D eigenvalue weighted by atomic mass is 9.95. The van der Waals surface area contributed by atoms with Crippen LogP contribution in [0.15, 0.2) is 12.1 Å². The predicted molar refractivity (Wildman–Crippen MR) is 67.0 cm³/mol. The molecule has 0 heterocycles. The van der Waals surface area contributed by atoms with E-state index in [1.807, 2.05) is 0 Å². The first-order valence-electron chi connectivity index (χ1n) is 5.51. The maximum Gasteiger partial charge on any atom is 0.142 e. The van der Waals surface area contributed by atoms with Gasteiger partial charge in [0, 0.05) is 23.2 Å². The van der Waals surface area contributed by atoms with Gasteiger partial charge in [0.25, 0.3) is 0 Å². The molecule has 1 aliphatic rings. The smallest absolute Gasteiger partial charge is 0.142 e. The van der Waals surface area contributed by atoms with Crippen LogP contribution < -0.4 is 5.32 Å². The van der Waals surface area contributed by atoms with Gasteiger partial charge in [-0.2, -0.15) is 0 Å². The van der Waals surface area contributed by atoms with Crippen LogP contribution in [0.2, 0.25) is 10.0 Å². The largest absolute Gasteiger partial charge is 0.384 e. The summed E-state index contributed by atoms with van der Waals surface area (Å²) in [5, 5.41) is 13.7. The fourth-order valence-corrected chi connectivity index (χ4v) is 2.25. The minimum Gasteiger partial charge on any atom is -0.384 e. The van der Waals surface area contributed by atoms with Gasteiger partial charge >= 0.3 is 0 Å². The van der Waals surface area contributed by atoms with Crippen molar-refractivity contribution in [2.45, 2.75) is 31.4 Å². The summed E-state index contributed by atoms with van der Waals surface area (Å²) in [5.41, 5.74) is -0.848. The summed E-state index contributed by atoms with van der Waals surface area (Å²) >= 11 is 11.6. The van der Waals surface area contributed by atoms with Crippen LogP contribution in [0, 0.1) is 5.82 Å². The van der Waals surface area contributed by atoms with E-state index in [0.29, 0.717) is 18.2 Å². The average Bonchev–Trinajstić information content (AvgIpc) is 3.04. The number of halogens is 3. The van der Waals surface area contributed by atoms with E-state index in [1.165, 1.54) is 12.1 Å². The predicted octanol–water partition coefficient (Wildman–Crippen LogP) is 3.09. The van der Waals surface area contributed by atoms with Gasteiger partial charge in [0.05, 0.1) is 5.02 Å². The first kappa shape index (κ1) is 13.1. The highest BCUT2D eigenvalue weighted by atomic mass is 35.5. The second kappa shape index (κ2) is 4.73. The summed E-state index contributed by atoms with van der Waals surface area (Å²) in [5.74, 6) is -0.572. The van der Waals surface area contributed by atoms with Crippen molar-refractivity contribution < 1.29 is 9.50 Å². The van der Waals surface area contributed by atoms with Gasteiger partial charge in [-0.25, -0.2) is 4.39 Å². The molecule has 0 aromatic heterocycles. The van der Waals surface area contributed by atoms with Crippen LogP contribution in [0.1, 0.15) is 25.3 Å². The van der Waals surface area contributed by atoms with Gasteiger partial charge in [-0.15, -0.1) is 0 Å². The zero-order valence-corrected chi connectivity index (χ0v) is 10.9. The van der Waals surface area contributed by atoms with Crippen LogP contribution in [0.4, 0.5) is 4.39 Å². The van der Waals surface area contributed by atoms with E-state index in [2.05, 4.69) is 5.32 Å². The van der Waals surface area contributed by atoms with Gasteiger partial charge < -0.3 is 10.4 Å². The molecule has 0 radical (unpaired) electrons. The summed E-state index contributed by atoms with van der Waals surface area (Å²) in [6.07, 6.45) is 2.25. The van der Waals surface area contributed by atoms with Crippen molar-refractivity contribution in [3.05, 3.63) is 33.6 Å². The Morgan fingerprint density at radius 3 is 2.65 bits per heavy atom. The van der Waals surface area contributed by atoms with Gasteiger partial charge in [0.15, 0.2) is 0 Å². The van der Waals surface area contributed by atoms with E-state index in [-0.39, 0.29) is 10.0 Å². The number of benzene rings is 1. The van der Waals surface area contributed by atoms with Gasteiger partial charge in [0.1, 0.15) is 11.4 Å². The molecule has 1 aromatic rings. The van der Waals surface area contributed by atoms with Crippen molar-refractivity contribution in [1.82, 2.24) is 5.32 Å². The average molecular weight is 278 g/mol. The maximum atomic E-state index is 13.4. The van der Waals surface area contributed by atoms with Crippen LogP contribution in [0.3, 0.4) is 0 Å². The van der Waals surface area contributed by atoms with Crippen molar-refractivity contribution in [1.29, 1.82) is 0 Å². The van der Waals surface area contributed by atoms with E-state index >= 15 is 0 Å². The third-order valence-corrected chi connectivity index (χ3v) is 3.50. The topological polar surface area (TPSA) is 32.3 Å². The van der Waals surface area contributed by atoms with E-state index in [0.717, 1.165) is 12.8 Å². The number of hydrogen-bond acceptors (Lipinski definition) is 2. The van der Waals surface area contributed by atoms with Crippen molar-refractivity contribution in [2.75, 3.05) is 6.54 Å². The first-order valence-corrected chi connectivity index (χ1v) is 6.26. The highest BCUT2D eigenvalue weighted by molar-refractivity contribution is 6.35. The molecule has 2 nitrogen and oxygen atoms in total. The second-order valence-corrected chi connectivity index (χ2v) is 5.49. The molecule has 2 N–H and O–H groups in total. The molecule has 0 aliphatic heterocycles. The molecule has 5 heteroatoms. The van der Waals surface area contributed by atoms with Gasteiger partial charge in [-0.1, -0.05) is 23.2 Å². The van der Waals surface area contributed by atoms with E-state index < -0.39 is 11.4 Å². The number of aliphatic hydroxyl groups is 1. The van der Waals surface area contributed by atoms with Crippen LogP contribution in [0.5, 0.6) is 0 Å². The molecule has 1 aromatic carbocycles. The maximum absolute atomic E-state index is 13.4.